The van der Waals surface area contributed by atoms with Crippen LogP contribution in [-0.2, 0) is 66.5 Å². The van der Waals surface area contributed by atoms with E-state index < -0.39 is 68.5 Å². The van der Waals surface area contributed by atoms with E-state index in [9.17, 15) is 54.9 Å². The third kappa shape index (κ3) is 8.04. The number of nitrogens with zero attached hydrogens (tertiary/aromatic N) is 4. The average molecular weight is 1380 g/mol. The number of ketones is 4. The summed E-state index contributed by atoms with van der Waals surface area (Å²) in [5.41, 5.74) is 2.02. The van der Waals surface area contributed by atoms with E-state index in [1.54, 1.807) is 25.3 Å². The van der Waals surface area contributed by atoms with Crippen LogP contribution in [-0.4, -0.2) is 216 Å². The normalized spacial score (nSPS) is 41.6. The van der Waals surface area contributed by atoms with Crippen LogP contribution in [0.2, 0.25) is 0 Å². The molecule has 11 aliphatic carbocycles. The molecule has 4 saturated heterocycles. The van der Waals surface area contributed by atoms with Gasteiger partial charge < -0.3 is 63.9 Å². The standard InChI is InChI=1S/2C21H25NO4.C20H23NO4.C19H21NO4/c1-25-15-5-4-13-10-16-21(24)7-6-14(23)19-20(21,17(13)18(15)26-19)8-9-22(16)11-12-2-3-12;1-22(11-12-2-3-12)9-8-20-17-13-4-5-14(23)18(17)26-19(20)15(24)6-7-21(20,25)16(22)10-13;22-13-4-3-12-9-15-20(24)6-5-14(23)18-19(20,16(12)17(13)25-18)7-8-21(15)10-11-1-2-11;1-2-8-20-9-7-18-15-11-3-4-12(21)16(15)24-17(18)13(22)5-6-19(18,23)14(20)10-11/h4-5,12,16,19,24H,2-3,6-11H2,1H3;4-5,12,16,19,25H,2-3,6-11H2,1H3;3-4,11,15,18,22,24H,1-2,5-10H2;2-4,14,17,21,23H,1,5-10H2/p+1. The van der Waals surface area contributed by atoms with Crippen LogP contribution in [0.1, 0.15) is 160 Å². The van der Waals surface area contributed by atoms with Crippen molar-refractivity contribution in [3.63, 3.8) is 0 Å². The molecule has 20 heteroatoms. The van der Waals surface area contributed by atoms with Gasteiger partial charge in [0.15, 0.2) is 93.5 Å². The Morgan fingerprint density at radius 3 is 1.24 bits per heavy atom. The van der Waals surface area contributed by atoms with Gasteiger partial charge in [0.05, 0.1) is 65.7 Å². The van der Waals surface area contributed by atoms with E-state index in [1.807, 2.05) is 30.3 Å². The molecular formula is C81H95N4O16+. The van der Waals surface area contributed by atoms with Gasteiger partial charge in [-0.2, -0.15) is 0 Å². The minimum absolute atomic E-state index is 0.0408. The predicted molar refractivity (Wildman–Crippen MR) is 366 cm³/mol. The Balaban J connectivity index is 0.0000000906. The molecule has 19 aliphatic rings. The summed E-state index contributed by atoms with van der Waals surface area (Å²) < 4.78 is 30.8. The summed E-state index contributed by atoms with van der Waals surface area (Å²) in [6, 6.07) is 15.1. The van der Waals surface area contributed by atoms with Crippen LogP contribution in [0.5, 0.6) is 46.0 Å². The molecule has 101 heavy (non-hydrogen) atoms. The Kier molecular flexibility index (Phi) is 13.5. The number of quaternary nitrogens is 1. The number of ether oxygens (including phenoxy) is 5. The number of carbonyl (C=O) groups is 4. The number of phenols is 3. The molecule has 0 radical (unpaired) electrons. The third-order valence-electron chi connectivity index (χ3n) is 30.3. The highest BCUT2D eigenvalue weighted by Crippen LogP contribution is 2.70. The molecular weight excluding hydrogens is 1280 g/mol. The summed E-state index contributed by atoms with van der Waals surface area (Å²) in [7, 11) is 3.94. The maximum absolute atomic E-state index is 12.8. The Hall–Kier alpha value is -6.62. The number of methoxy groups -OCH3 is 1. The molecule has 8 heterocycles. The molecule has 4 aromatic carbocycles. The monoisotopic (exact) mass is 1380 g/mol. The molecule has 11 fully saturated rings. The Labute approximate surface area is 588 Å². The highest BCUT2D eigenvalue weighted by molar-refractivity contribution is 5.93. The molecule has 4 spiro atoms. The maximum atomic E-state index is 12.8. The van der Waals surface area contributed by atoms with Crippen LogP contribution in [0.25, 0.3) is 0 Å². The lowest BCUT2D eigenvalue weighted by molar-refractivity contribution is -0.950. The second-order valence-electron chi connectivity index (χ2n) is 34.8. The molecule has 4 aromatic rings. The van der Waals surface area contributed by atoms with Gasteiger partial charge in [0.1, 0.15) is 11.6 Å². The van der Waals surface area contributed by atoms with Crippen molar-refractivity contribution in [3.05, 3.63) is 106 Å². The Bertz CT molecular complexity index is 4320. The second-order valence-corrected chi connectivity index (χ2v) is 34.8. The van der Waals surface area contributed by atoms with Crippen LogP contribution in [0.3, 0.4) is 0 Å². The lowest BCUT2D eigenvalue weighted by Crippen LogP contribution is -2.80. The summed E-state index contributed by atoms with van der Waals surface area (Å²) >= 11 is 0. The molecule has 7 saturated carbocycles. The Morgan fingerprint density at radius 2 is 0.832 bits per heavy atom. The minimum atomic E-state index is -1.00. The smallest absolute Gasteiger partial charge is 0.174 e. The molecule has 8 aliphatic heterocycles. The van der Waals surface area contributed by atoms with Gasteiger partial charge in [0, 0.05) is 111 Å². The number of phenolic OH excluding ortho intramolecular Hbond substituents is 3. The summed E-state index contributed by atoms with van der Waals surface area (Å²) in [4.78, 5) is 58.3. The largest absolute Gasteiger partial charge is 0.504 e. The second kappa shape index (κ2) is 21.3. The van der Waals surface area contributed by atoms with E-state index in [-0.39, 0.29) is 64.5 Å². The van der Waals surface area contributed by atoms with E-state index in [0.717, 1.165) is 152 Å². The van der Waals surface area contributed by atoms with Crippen molar-refractivity contribution in [1.82, 2.24) is 14.7 Å². The number of likely N-dealkylation sites (N-methyl/N-ethyl adjacent to an activating group) is 1. The number of piperidine rings is 4. The Morgan fingerprint density at radius 1 is 0.475 bits per heavy atom. The fourth-order valence-electron chi connectivity index (χ4n) is 25.4. The van der Waals surface area contributed by atoms with Gasteiger partial charge in [-0.15, -0.1) is 6.58 Å². The van der Waals surface area contributed by atoms with Gasteiger partial charge in [-0.1, -0.05) is 30.3 Å². The van der Waals surface area contributed by atoms with E-state index in [2.05, 4.69) is 34.4 Å². The average Bonchev–Trinajstić information content (AvgIpc) is 1.58. The number of aliphatic hydroxyl groups is 4. The number of Topliss-reactive ketones (excluding diaryl/α,β-unsaturated/α-hetero) is 4. The number of likely N-dealkylation sites (tertiary alicyclic amines) is 4. The van der Waals surface area contributed by atoms with E-state index in [0.29, 0.717) is 93.0 Å². The zero-order chi connectivity index (χ0) is 69.2. The first-order chi connectivity index (χ1) is 48.5. The quantitative estimate of drug-likeness (QED) is 0.0713. The van der Waals surface area contributed by atoms with Gasteiger partial charge in [0.2, 0.25) is 0 Å². The zero-order valence-electron chi connectivity index (χ0n) is 58.1. The molecule has 534 valence electrons. The maximum Gasteiger partial charge on any atom is 0.174 e. The van der Waals surface area contributed by atoms with Crippen LogP contribution >= 0.6 is 0 Å². The number of benzene rings is 4. The minimum Gasteiger partial charge on any atom is -0.504 e. The summed E-state index contributed by atoms with van der Waals surface area (Å²) in [6.45, 7) is 11.4. The predicted octanol–water partition coefficient (Wildman–Crippen LogP) is 6.33. The fraction of sp³-hybridized carbons (Fsp3) is 0.630. The van der Waals surface area contributed by atoms with Gasteiger partial charge in [0.25, 0.3) is 0 Å². The first kappa shape index (κ1) is 64.0. The van der Waals surface area contributed by atoms with Gasteiger partial charge in [-0.05, 0) is 174 Å². The highest BCUT2D eigenvalue weighted by atomic mass is 16.5. The fourth-order valence-corrected chi connectivity index (χ4v) is 25.4. The first-order valence-corrected chi connectivity index (χ1v) is 38.2. The zero-order valence-corrected chi connectivity index (χ0v) is 58.1. The molecule has 20 nitrogen and oxygen atoms in total. The number of rotatable bonds is 9. The number of aromatic hydroxyl groups is 3. The van der Waals surface area contributed by atoms with Crippen LogP contribution < -0.4 is 23.7 Å². The van der Waals surface area contributed by atoms with Crippen molar-refractivity contribution >= 4 is 23.1 Å². The van der Waals surface area contributed by atoms with Gasteiger partial charge >= 0.3 is 0 Å². The molecule has 0 amide bonds. The van der Waals surface area contributed by atoms with E-state index >= 15 is 0 Å². The molecule has 7 N–H and O–H groups in total. The summed E-state index contributed by atoms with van der Waals surface area (Å²) in [6.07, 6.45) is 16.7. The highest BCUT2D eigenvalue weighted by Gasteiger charge is 2.79. The molecule has 17 unspecified atom stereocenters. The summed E-state index contributed by atoms with van der Waals surface area (Å²) in [5.74, 6) is 5.65. The van der Waals surface area contributed by atoms with Crippen molar-refractivity contribution < 1.29 is 83.1 Å². The van der Waals surface area contributed by atoms with Gasteiger partial charge in [-0.3, -0.25) is 33.9 Å². The van der Waals surface area contributed by atoms with Crippen LogP contribution in [0, 0.1) is 17.8 Å². The van der Waals surface area contributed by atoms with E-state index in [4.69, 9.17) is 23.7 Å². The first-order valence-electron chi connectivity index (χ1n) is 38.2. The van der Waals surface area contributed by atoms with Crippen molar-refractivity contribution in [2.45, 2.75) is 234 Å². The molecule has 17 atom stereocenters. The van der Waals surface area contributed by atoms with E-state index in [1.165, 1.54) is 44.1 Å². The molecule has 23 rings (SSSR count). The molecule has 8 bridgehead atoms. The summed E-state index contributed by atoms with van der Waals surface area (Å²) in [5, 5.41) is 79.0. The number of hydrogen-bond acceptors (Lipinski definition) is 19. The third-order valence-corrected chi connectivity index (χ3v) is 30.3. The van der Waals surface area contributed by atoms with Crippen molar-refractivity contribution in [2.75, 3.05) is 66.5 Å². The number of hydrogen-bond donors (Lipinski definition) is 7. The lowest BCUT2D eigenvalue weighted by Gasteiger charge is -2.64. The topological polar surface area (TPSA) is 266 Å². The van der Waals surface area contributed by atoms with Crippen molar-refractivity contribution in [3.8, 4) is 46.0 Å². The van der Waals surface area contributed by atoms with Gasteiger partial charge in [-0.25, -0.2) is 0 Å². The number of carbonyl (C=O) groups excluding carboxylic acids is 4. The van der Waals surface area contributed by atoms with Crippen molar-refractivity contribution in [2.24, 2.45) is 17.8 Å². The molecule has 0 aromatic heterocycles. The van der Waals surface area contributed by atoms with Crippen molar-refractivity contribution in [1.29, 1.82) is 0 Å². The van der Waals surface area contributed by atoms with Crippen LogP contribution in [0.4, 0.5) is 0 Å². The lowest BCUT2D eigenvalue weighted by atomic mass is 9.48. The van der Waals surface area contributed by atoms with Crippen LogP contribution in [0.15, 0.2) is 61.2 Å². The SMILES string of the molecule is C=CCN1CCC23c4c5ccc(O)c4OC2C(=O)CCC3(O)C1C5.COc1ccc2c3c1OC1C(=O)CCC4(O)C(C2)N(CC2CC2)CCC314.C[N+]1(CC2CC2)CCC23c4c5ccc(O)c4OC2C(=O)CCC3(O)C1C5.O=C1CCC2(O)C3Cc4ccc(O)c5c4C2(CCN3CC2CC2)C1O5.